The van der Waals surface area contributed by atoms with Crippen LogP contribution in [0.3, 0.4) is 0 Å². The predicted octanol–water partition coefficient (Wildman–Crippen LogP) is 1.94. The van der Waals surface area contributed by atoms with Crippen molar-refractivity contribution >= 4 is 5.97 Å². The first-order valence-electron chi connectivity index (χ1n) is 6.87. The molecule has 0 radical (unpaired) electrons. The summed E-state index contributed by atoms with van der Waals surface area (Å²) in [6.45, 7) is 2.15. The van der Waals surface area contributed by atoms with Gasteiger partial charge in [0.2, 0.25) is 0 Å². The highest BCUT2D eigenvalue weighted by atomic mass is 16.6. The molecule has 3 unspecified atom stereocenters. The number of hydrogen-bond donors (Lipinski definition) is 2. The quantitative estimate of drug-likeness (QED) is 0.396. The first-order valence-corrected chi connectivity index (χ1v) is 6.87. The van der Waals surface area contributed by atoms with E-state index in [1.54, 1.807) is 6.08 Å². The highest BCUT2D eigenvalue weighted by molar-refractivity contribution is 5.71. The second-order valence-electron chi connectivity index (χ2n) is 4.86. The molecule has 1 saturated heterocycles. The maximum absolute atomic E-state index is 10.9. The van der Waals surface area contributed by atoms with Crippen LogP contribution in [0.15, 0.2) is 12.2 Å². The summed E-state index contributed by atoms with van der Waals surface area (Å²) in [7, 11) is 0. The van der Waals surface area contributed by atoms with Crippen LogP contribution in [0.1, 0.15) is 51.9 Å². The fourth-order valence-electron chi connectivity index (χ4n) is 2.03. The lowest BCUT2D eigenvalue weighted by Crippen LogP contribution is -2.23. The summed E-state index contributed by atoms with van der Waals surface area (Å²) >= 11 is 0. The summed E-state index contributed by atoms with van der Waals surface area (Å²) in [5.41, 5.74) is 0. The van der Waals surface area contributed by atoms with E-state index in [4.69, 9.17) is 4.74 Å². The topological polar surface area (TPSA) is 66.8 Å². The second-order valence-corrected chi connectivity index (χ2v) is 4.86. The number of ether oxygens (including phenoxy) is 1. The van der Waals surface area contributed by atoms with Gasteiger partial charge in [0.05, 0.1) is 6.10 Å². The third-order valence-electron chi connectivity index (χ3n) is 3.18. The smallest absolute Gasteiger partial charge is 0.306 e. The summed E-state index contributed by atoms with van der Waals surface area (Å²) in [5.74, 6) is -0.257. The van der Waals surface area contributed by atoms with Gasteiger partial charge in [-0.15, -0.1) is 0 Å². The van der Waals surface area contributed by atoms with Crippen molar-refractivity contribution in [3.63, 3.8) is 0 Å². The van der Waals surface area contributed by atoms with Crippen molar-refractivity contribution < 1.29 is 19.7 Å². The number of rotatable bonds is 8. The molecule has 1 rings (SSSR count). The summed E-state index contributed by atoms with van der Waals surface area (Å²) in [6.07, 6.45) is 7.50. The number of aliphatic hydroxyl groups is 2. The molecule has 0 bridgehead atoms. The van der Waals surface area contributed by atoms with Crippen molar-refractivity contribution in [2.24, 2.45) is 0 Å². The van der Waals surface area contributed by atoms with Crippen LogP contribution < -0.4 is 0 Å². The van der Waals surface area contributed by atoms with Crippen LogP contribution in [0.5, 0.6) is 0 Å². The van der Waals surface area contributed by atoms with E-state index in [1.165, 1.54) is 18.9 Å². The summed E-state index contributed by atoms with van der Waals surface area (Å²) in [6, 6.07) is 0. The van der Waals surface area contributed by atoms with Gasteiger partial charge >= 0.3 is 5.97 Å². The lowest BCUT2D eigenvalue weighted by molar-refractivity contribution is -0.144. The Hall–Kier alpha value is -0.870. The Bertz CT molecular complexity index is 275. The molecular weight excluding hydrogens is 232 g/mol. The van der Waals surface area contributed by atoms with Crippen LogP contribution >= 0.6 is 0 Å². The van der Waals surface area contributed by atoms with Crippen LogP contribution in [0.2, 0.25) is 0 Å². The Morgan fingerprint density at radius 3 is 2.72 bits per heavy atom. The lowest BCUT2D eigenvalue weighted by Gasteiger charge is -2.13. The van der Waals surface area contributed by atoms with E-state index in [0.29, 0.717) is 19.3 Å². The fourth-order valence-corrected chi connectivity index (χ4v) is 2.03. The molecule has 1 fully saturated rings. The predicted molar refractivity (Wildman–Crippen MR) is 69.0 cm³/mol. The van der Waals surface area contributed by atoms with Gasteiger partial charge in [0.25, 0.3) is 0 Å². The average Bonchev–Trinajstić information content (AvgIpc) is 2.78. The molecule has 104 valence electrons. The monoisotopic (exact) mass is 256 g/mol. The Kier molecular flexibility index (Phi) is 6.98. The second kappa shape index (κ2) is 8.27. The van der Waals surface area contributed by atoms with Gasteiger partial charge in [0.1, 0.15) is 12.2 Å². The largest absolute Gasteiger partial charge is 0.459 e. The van der Waals surface area contributed by atoms with Gasteiger partial charge in [-0.2, -0.15) is 0 Å². The molecular formula is C14H24O4. The molecule has 1 aliphatic rings. The van der Waals surface area contributed by atoms with Gasteiger partial charge in [-0.1, -0.05) is 44.8 Å². The number of cyclic esters (lactones) is 1. The maximum Gasteiger partial charge on any atom is 0.306 e. The molecule has 2 N–H and O–H groups in total. The van der Waals surface area contributed by atoms with Crippen molar-refractivity contribution in [3.05, 3.63) is 12.2 Å². The van der Waals surface area contributed by atoms with Crippen LogP contribution in [-0.2, 0) is 9.53 Å². The third kappa shape index (κ3) is 5.65. The normalized spacial score (nSPS) is 23.3. The van der Waals surface area contributed by atoms with E-state index >= 15 is 0 Å². The summed E-state index contributed by atoms with van der Waals surface area (Å²) in [5, 5.41) is 19.4. The van der Waals surface area contributed by atoms with Gasteiger partial charge in [0, 0.05) is 6.42 Å². The number of unbranched alkanes of at least 4 members (excludes halogenated alkanes) is 3. The van der Waals surface area contributed by atoms with Gasteiger partial charge in [-0.3, -0.25) is 4.79 Å². The third-order valence-corrected chi connectivity index (χ3v) is 3.18. The Morgan fingerprint density at radius 2 is 2.11 bits per heavy atom. The lowest BCUT2D eigenvalue weighted by atomic mass is 10.1. The number of aliphatic hydroxyl groups excluding tert-OH is 2. The number of carbonyl (C=O) groups excluding carboxylic acids is 1. The number of esters is 1. The van der Waals surface area contributed by atoms with E-state index in [9.17, 15) is 15.0 Å². The van der Waals surface area contributed by atoms with Crippen LogP contribution in [-0.4, -0.2) is 34.5 Å². The molecule has 4 heteroatoms. The Morgan fingerprint density at radius 1 is 1.33 bits per heavy atom. The highest BCUT2D eigenvalue weighted by Gasteiger charge is 2.28. The van der Waals surface area contributed by atoms with Crippen molar-refractivity contribution in [2.45, 2.75) is 70.2 Å². The van der Waals surface area contributed by atoms with Gasteiger partial charge in [-0.25, -0.2) is 0 Å². The van der Waals surface area contributed by atoms with E-state index < -0.39 is 18.3 Å². The molecule has 0 spiro atoms. The first-order chi connectivity index (χ1) is 8.63. The molecule has 3 atom stereocenters. The van der Waals surface area contributed by atoms with Crippen LogP contribution in [0, 0.1) is 0 Å². The highest BCUT2D eigenvalue weighted by Crippen LogP contribution is 2.18. The number of hydrogen-bond acceptors (Lipinski definition) is 4. The Balaban J connectivity index is 2.19. The first kappa shape index (κ1) is 15.2. The van der Waals surface area contributed by atoms with E-state index in [-0.39, 0.29) is 5.97 Å². The fraction of sp³-hybridized carbons (Fsp3) is 0.786. The average molecular weight is 256 g/mol. The zero-order valence-corrected chi connectivity index (χ0v) is 11.0. The molecule has 0 saturated carbocycles. The maximum atomic E-state index is 10.9. The summed E-state index contributed by atoms with van der Waals surface area (Å²) in [4.78, 5) is 10.9. The minimum absolute atomic E-state index is 0.257. The van der Waals surface area contributed by atoms with Gasteiger partial charge in [-0.05, 0) is 12.8 Å². The molecule has 4 nitrogen and oxygen atoms in total. The minimum Gasteiger partial charge on any atom is -0.459 e. The molecule has 0 aromatic heterocycles. The van der Waals surface area contributed by atoms with Crippen molar-refractivity contribution in [1.29, 1.82) is 0 Å². The SMILES string of the molecule is CCCCCCC(O)C=CC(O)C1CCC(=O)O1. The van der Waals surface area contributed by atoms with Crippen LogP contribution in [0.25, 0.3) is 0 Å². The van der Waals surface area contributed by atoms with Gasteiger partial charge in [0.15, 0.2) is 0 Å². The van der Waals surface area contributed by atoms with Crippen molar-refractivity contribution in [2.75, 3.05) is 0 Å². The number of carbonyl (C=O) groups is 1. The molecule has 0 amide bonds. The van der Waals surface area contributed by atoms with E-state index in [2.05, 4.69) is 6.92 Å². The molecule has 18 heavy (non-hydrogen) atoms. The zero-order chi connectivity index (χ0) is 13.4. The van der Waals surface area contributed by atoms with E-state index in [1.807, 2.05) is 0 Å². The minimum atomic E-state index is -0.804. The Labute approximate surface area is 109 Å². The van der Waals surface area contributed by atoms with Crippen molar-refractivity contribution in [1.82, 2.24) is 0 Å². The molecule has 0 aliphatic carbocycles. The standard InChI is InChI=1S/C14H24O4/c1-2-3-4-5-6-11(15)7-8-12(16)13-9-10-14(17)18-13/h7-8,11-13,15-16H,2-6,9-10H2,1H3. The summed E-state index contributed by atoms with van der Waals surface area (Å²) < 4.78 is 4.95. The van der Waals surface area contributed by atoms with Crippen LogP contribution in [0.4, 0.5) is 0 Å². The molecule has 0 aromatic rings. The zero-order valence-electron chi connectivity index (χ0n) is 11.0. The van der Waals surface area contributed by atoms with Gasteiger partial charge < -0.3 is 14.9 Å². The van der Waals surface area contributed by atoms with Crippen molar-refractivity contribution in [3.8, 4) is 0 Å². The molecule has 1 aliphatic heterocycles. The molecule has 0 aromatic carbocycles. The molecule has 1 heterocycles. The van der Waals surface area contributed by atoms with E-state index in [0.717, 1.165) is 12.8 Å².